The molecule has 1 amide bonds. The zero-order valence-electron chi connectivity index (χ0n) is 15.2. The van der Waals surface area contributed by atoms with Crippen molar-refractivity contribution in [2.45, 2.75) is 12.8 Å². The Hall–Kier alpha value is -2.75. The number of anilines is 1. The van der Waals surface area contributed by atoms with Crippen LogP contribution in [-0.2, 0) is 11.2 Å². The highest BCUT2D eigenvalue weighted by Gasteiger charge is 2.13. The van der Waals surface area contributed by atoms with Crippen molar-refractivity contribution in [3.8, 4) is 27.7 Å². The molecule has 7 nitrogen and oxygen atoms in total. The van der Waals surface area contributed by atoms with E-state index in [0.29, 0.717) is 27.6 Å². The van der Waals surface area contributed by atoms with Gasteiger partial charge in [0.25, 0.3) is 0 Å². The smallest absolute Gasteiger partial charge is 0.227 e. The van der Waals surface area contributed by atoms with E-state index in [1.165, 1.54) is 22.7 Å². The maximum absolute atomic E-state index is 12.2. The predicted octanol–water partition coefficient (Wildman–Crippen LogP) is 5.15. The summed E-state index contributed by atoms with van der Waals surface area (Å²) < 4.78 is 11.1. The predicted molar refractivity (Wildman–Crippen MR) is 114 cm³/mol. The summed E-state index contributed by atoms with van der Waals surface area (Å²) in [4.78, 5) is 21.9. The fourth-order valence-electron chi connectivity index (χ4n) is 2.51. The van der Waals surface area contributed by atoms with Crippen molar-refractivity contribution in [1.82, 2.24) is 15.1 Å². The number of carbonyl (C=O) groups excluding carboxylic acids is 1. The number of halogens is 1. The van der Waals surface area contributed by atoms with Crippen LogP contribution in [-0.4, -0.2) is 28.1 Å². The molecule has 1 N–H and O–H groups in total. The number of nitrogens with one attached hydrogen (secondary N) is 1. The lowest BCUT2D eigenvalue weighted by atomic mass is 10.2. The van der Waals surface area contributed by atoms with Crippen molar-refractivity contribution in [1.29, 1.82) is 0 Å². The normalized spacial score (nSPS) is 10.8. The molecule has 0 radical (unpaired) electrons. The molecule has 0 fully saturated rings. The Morgan fingerprint density at radius 2 is 2.03 bits per heavy atom. The van der Waals surface area contributed by atoms with Crippen LogP contribution in [0.3, 0.4) is 0 Å². The Labute approximate surface area is 179 Å². The highest BCUT2D eigenvalue weighted by molar-refractivity contribution is 7.20. The number of methoxy groups -OCH3 is 1. The first-order chi connectivity index (χ1) is 14.1. The third kappa shape index (κ3) is 4.81. The molecule has 0 aliphatic heterocycles. The zero-order valence-corrected chi connectivity index (χ0v) is 17.6. The Morgan fingerprint density at radius 3 is 2.76 bits per heavy atom. The summed E-state index contributed by atoms with van der Waals surface area (Å²) in [5, 5.41) is 9.19. The van der Waals surface area contributed by atoms with Crippen molar-refractivity contribution in [3.05, 3.63) is 52.0 Å². The van der Waals surface area contributed by atoms with Crippen LogP contribution in [0.15, 0.2) is 46.3 Å². The quantitative estimate of drug-likeness (QED) is 0.422. The van der Waals surface area contributed by atoms with Crippen LogP contribution >= 0.6 is 34.3 Å². The van der Waals surface area contributed by atoms with E-state index in [9.17, 15) is 4.79 Å². The number of amides is 1. The third-order valence-electron chi connectivity index (χ3n) is 3.96. The number of hydrogen-bond acceptors (Lipinski definition) is 8. The van der Waals surface area contributed by atoms with Crippen molar-refractivity contribution in [2.75, 3.05) is 12.4 Å². The highest BCUT2D eigenvalue weighted by atomic mass is 35.5. The van der Waals surface area contributed by atoms with E-state index in [1.807, 2.05) is 41.8 Å². The average Bonchev–Trinajstić information content (AvgIpc) is 3.47. The minimum Gasteiger partial charge on any atom is -0.497 e. The fraction of sp³-hybridized carbons (Fsp3) is 0.158. The average molecular weight is 447 g/mol. The van der Waals surface area contributed by atoms with Crippen LogP contribution in [0.5, 0.6) is 5.75 Å². The van der Waals surface area contributed by atoms with E-state index < -0.39 is 0 Å². The number of hydrogen-bond donors (Lipinski definition) is 1. The number of nitrogens with zero attached hydrogens (tertiary/aromatic N) is 3. The number of aromatic nitrogens is 3. The van der Waals surface area contributed by atoms with E-state index in [4.69, 9.17) is 20.9 Å². The SMILES string of the molecule is COc1ccc(-c2noc(CCC(=O)Nc3nc(-c4ccc(Cl)s4)cs3)n2)cc1. The van der Waals surface area contributed by atoms with Gasteiger partial charge < -0.3 is 14.6 Å². The molecule has 3 aromatic heterocycles. The van der Waals surface area contributed by atoms with Crippen LogP contribution in [0.2, 0.25) is 4.34 Å². The van der Waals surface area contributed by atoms with E-state index in [1.54, 1.807) is 7.11 Å². The summed E-state index contributed by atoms with van der Waals surface area (Å²) in [5.74, 6) is 1.46. The number of carbonyl (C=O) groups is 1. The minimum atomic E-state index is -0.167. The van der Waals surface area contributed by atoms with Gasteiger partial charge in [-0.05, 0) is 36.4 Å². The molecule has 0 saturated heterocycles. The molecule has 1 aromatic carbocycles. The minimum absolute atomic E-state index is 0.167. The molecule has 0 atom stereocenters. The molecule has 0 aliphatic carbocycles. The second kappa shape index (κ2) is 8.73. The Bertz CT molecular complexity index is 1120. The van der Waals surface area contributed by atoms with Gasteiger partial charge in [-0.1, -0.05) is 16.8 Å². The van der Waals surface area contributed by atoms with Crippen molar-refractivity contribution in [3.63, 3.8) is 0 Å². The Balaban J connectivity index is 1.32. The first kappa shape index (κ1) is 19.6. The molecule has 4 aromatic rings. The first-order valence-corrected chi connectivity index (χ1v) is 10.7. The van der Waals surface area contributed by atoms with Gasteiger partial charge in [-0.2, -0.15) is 4.98 Å². The molecule has 0 aliphatic rings. The van der Waals surface area contributed by atoms with E-state index in [-0.39, 0.29) is 12.3 Å². The Kier molecular flexibility index (Phi) is 5.89. The lowest BCUT2D eigenvalue weighted by molar-refractivity contribution is -0.116. The molecule has 148 valence electrons. The van der Waals surface area contributed by atoms with Crippen LogP contribution in [0.4, 0.5) is 5.13 Å². The second-order valence-electron chi connectivity index (χ2n) is 5.93. The van der Waals surface area contributed by atoms with Gasteiger partial charge in [0.05, 0.1) is 22.0 Å². The Morgan fingerprint density at radius 1 is 1.21 bits per heavy atom. The van der Waals surface area contributed by atoms with Crippen molar-refractivity contribution >= 4 is 45.3 Å². The number of thiophene rings is 1. The number of aryl methyl sites for hydroxylation is 1. The topological polar surface area (TPSA) is 90.1 Å². The molecule has 0 unspecified atom stereocenters. The van der Waals surface area contributed by atoms with Gasteiger partial charge in [0.2, 0.25) is 17.6 Å². The molecular formula is C19H15ClN4O3S2. The van der Waals surface area contributed by atoms with Gasteiger partial charge in [-0.3, -0.25) is 4.79 Å². The maximum Gasteiger partial charge on any atom is 0.227 e. The molecule has 29 heavy (non-hydrogen) atoms. The van der Waals surface area contributed by atoms with Gasteiger partial charge >= 0.3 is 0 Å². The van der Waals surface area contributed by atoms with Crippen LogP contribution in [0.1, 0.15) is 12.3 Å². The molecular weight excluding hydrogens is 432 g/mol. The van der Waals surface area contributed by atoms with Crippen molar-refractivity contribution in [2.24, 2.45) is 0 Å². The van der Waals surface area contributed by atoms with E-state index >= 15 is 0 Å². The lowest BCUT2D eigenvalue weighted by Crippen LogP contribution is -2.12. The van der Waals surface area contributed by atoms with Gasteiger partial charge in [0.1, 0.15) is 5.75 Å². The largest absolute Gasteiger partial charge is 0.497 e. The fourth-order valence-corrected chi connectivity index (χ4v) is 4.32. The van der Waals surface area contributed by atoms with Crippen molar-refractivity contribution < 1.29 is 14.1 Å². The number of benzene rings is 1. The summed E-state index contributed by atoms with van der Waals surface area (Å²) >= 11 is 8.77. The standard InChI is InChI=1S/C19H15ClN4O3S2/c1-26-12-4-2-11(3-5-12)18-23-17(27-24-18)9-8-16(25)22-19-21-13(10-28-19)14-6-7-15(20)29-14/h2-7,10H,8-9H2,1H3,(H,21,22,25). The van der Waals surface area contributed by atoms with Crippen LogP contribution in [0.25, 0.3) is 22.0 Å². The maximum atomic E-state index is 12.2. The van der Waals surface area contributed by atoms with E-state index in [2.05, 4.69) is 20.4 Å². The molecule has 0 spiro atoms. The first-order valence-electron chi connectivity index (χ1n) is 8.59. The monoisotopic (exact) mass is 446 g/mol. The van der Waals surface area contributed by atoms with Crippen LogP contribution < -0.4 is 10.1 Å². The van der Waals surface area contributed by atoms with Gasteiger partial charge in [0, 0.05) is 23.8 Å². The summed E-state index contributed by atoms with van der Waals surface area (Å²) in [6.07, 6.45) is 0.553. The van der Waals surface area contributed by atoms with Gasteiger partial charge in [-0.15, -0.1) is 22.7 Å². The zero-order chi connectivity index (χ0) is 20.2. The van der Waals surface area contributed by atoms with Gasteiger partial charge in [-0.25, -0.2) is 4.98 Å². The van der Waals surface area contributed by atoms with Gasteiger partial charge in [0.15, 0.2) is 5.13 Å². The molecule has 4 rings (SSSR count). The summed E-state index contributed by atoms with van der Waals surface area (Å²) in [6.45, 7) is 0. The highest BCUT2D eigenvalue weighted by Crippen LogP contribution is 2.32. The lowest BCUT2D eigenvalue weighted by Gasteiger charge is -1.99. The number of rotatable bonds is 7. The van der Waals surface area contributed by atoms with E-state index in [0.717, 1.165) is 21.9 Å². The van der Waals surface area contributed by atoms with Crippen LogP contribution in [0, 0.1) is 0 Å². The number of thiazole rings is 1. The molecule has 3 heterocycles. The second-order valence-corrected chi connectivity index (χ2v) is 8.50. The summed E-state index contributed by atoms with van der Waals surface area (Å²) in [7, 11) is 1.61. The summed E-state index contributed by atoms with van der Waals surface area (Å²) in [5.41, 5.74) is 1.61. The number of ether oxygens (including phenoxy) is 1. The third-order valence-corrected chi connectivity index (χ3v) is 5.97. The molecule has 10 heteroatoms. The molecule has 0 bridgehead atoms. The summed E-state index contributed by atoms with van der Waals surface area (Å²) in [6, 6.07) is 11.1. The molecule has 0 saturated carbocycles.